The fraction of sp³-hybridized carbons (Fsp3) is 0.467. The van der Waals surface area contributed by atoms with Gasteiger partial charge in [-0.25, -0.2) is 4.98 Å². The van der Waals surface area contributed by atoms with Gasteiger partial charge in [0.2, 0.25) is 0 Å². The van der Waals surface area contributed by atoms with E-state index in [9.17, 15) is 0 Å². The molecule has 1 heterocycles. The third-order valence-electron chi connectivity index (χ3n) is 3.97. The number of benzene rings is 1. The van der Waals surface area contributed by atoms with Crippen molar-refractivity contribution < 1.29 is 0 Å². The lowest BCUT2D eigenvalue weighted by molar-refractivity contribution is 0.383. The fourth-order valence-electron chi connectivity index (χ4n) is 2.62. The molecule has 3 nitrogen and oxygen atoms in total. The van der Waals surface area contributed by atoms with Crippen LogP contribution < -0.4 is 0 Å². The molecule has 1 aromatic heterocycles. The van der Waals surface area contributed by atoms with Crippen molar-refractivity contribution >= 4 is 34.2 Å². The van der Waals surface area contributed by atoms with Crippen LogP contribution in [0.25, 0.3) is 11.0 Å². The highest BCUT2D eigenvalue weighted by atomic mass is 35.5. The molecule has 1 atom stereocenters. The van der Waals surface area contributed by atoms with Crippen LogP contribution in [-0.4, -0.2) is 9.55 Å². The molecule has 2 aromatic rings. The maximum Gasteiger partial charge on any atom is 0.113 e. The number of hydrogen-bond donors (Lipinski definition) is 0. The summed E-state index contributed by atoms with van der Waals surface area (Å²) in [6.45, 7) is 2.57. The number of fused-ring (bicyclic) bond motifs is 1. The van der Waals surface area contributed by atoms with E-state index in [2.05, 4.69) is 10.6 Å². The minimum atomic E-state index is -0.0549. The van der Waals surface area contributed by atoms with Crippen LogP contribution in [0.15, 0.2) is 12.1 Å². The molecule has 3 rings (SSSR count). The van der Waals surface area contributed by atoms with Crippen LogP contribution >= 0.6 is 23.2 Å². The van der Waals surface area contributed by atoms with Gasteiger partial charge in [0, 0.05) is 12.5 Å². The SMILES string of the molecule is CC(C#N)Cn1c(C2CCC2)nc2cc(Cl)c(Cl)cc21. The lowest BCUT2D eigenvalue weighted by Gasteiger charge is -2.26. The smallest absolute Gasteiger partial charge is 0.113 e. The van der Waals surface area contributed by atoms with Gasteiger partial charge in [-0.2, -0.15) is 5.26 Å². The molecule has 0 aliphatic heterocycles. The molecule has 1 aliphatic carbocycles. The van der Waals surface area contributed by atoms with Crippen LogP contribution in [0.2, 0.25) is 10.0 Å². The van der Waals surface area contributed by atoms with Gasteiger partial charge >= 0.3 is 0 Å². The summed E-state index contributed by atoms with van der Waals surface area (Å²) in [5, 5.41) is 10.1. The molecule has 1 aliphatic rings. The van der Waals surface area contributed by atoms with Gasteiger partial charge in [0.15, 0.2) is 0 Å². The van der Waals surface area contributed by atoms with Gasteiger partial charge in [-0.3, -0.25) is 0 Å². The number of nitriles is 1. The highest BCUT2D eigenvalue weighted by Crippen LogP contribution is 2.38. The summed E-state index contributed by atoms with van der Waals surface area (Å²) in [4.78, 5) is 4.73. The van der Waals surface area contributed by atoms with Gasteiger partial charge in [-0.05, 0) is 31.9 Å². The van der Waals surface area contributed by atoms with Crippen LogP contribution in [0.3, 0.4) is 0 Å². The maximum absolute atomic E-state index is 9.07. The van der Waals surface area contributed by atoms with Gasteiger partial charge in [0.25, 0.3) is 0 Å². The van der Waals surface area contributed by atoms with Crippen LogP contribution in [0.1, 0.15) is 37.9 Å². The standard InChI is InChI=1S/C15H15Cl2N3/c1-9(7-18)8-20-14-6-12(17)11(16)5-13(14)19-15(20)10-3-2-4-10/h5-6,9-10H,2-4,8H2,1H3. The van der Waals surface area contributed by atoms with E-state index in [4.69, 9.17) is 33.4 Å². The van der Waals surface area contributed by atoms with Crippen molar-refractivity contribution in [2.24, 2.45) is 5.92 Å². The van der Waals surface area contributed by atoms with Gasteiger partial charge in [-0.15, -0.1) is 0 Å². The molecule has 0 N–H and O–H groups in total. The van der Waals surface area contributed by atoms with E-state index in [0.29, 0.717) is 22.5 Å². The number of rotatable bonds is 3. The lowest BCUT2D eigenvalue weighted by atomic mass is 9.85. The molecule has 1 unspecified atom stereocenters. The van der Waals surface area contributed by atoms with Crippen molar-refractivity contribution in [3.8, 4) is 6.07 Å². The summed E-state index contributed by atoms with van der Waals surface area (Å²) in [5.74, 6) is 1.53. The number of halogens is 2. The molecular weight excluding hydrogens is 293 g/mol. The Labute approximate surface area is 128 Å². The van der Waals surface area contributed by atoms with Crippen LogP contribution in [0, 0.1) is 17.2 Å². The summed E-state index contributed by atoms with van der Waals surface area (Å²) in [6, 6.07) is 5.96. The summed E-state index contributed by atoms with van der Waals surface area (Å²) in [6.07, 6.45) is 3.60. The zero-order chi connectivity index (χ0) is 14.3. The third-order valence-corrected chi connectivity index (χ3v) is 4.69. The second-order valence-corrected chi connectivity index (χ2v) is 6.31. The molecule has 20 heavy (non-hydrogen) atoms. The second-order valence-electron chi connectivity index (χ2n) is 5.49. The highest BCUT2D eigenvalue weighted by Gasteiger charge is 2.26. The molecule has 1 aromatic carbocycles. The largest absolute Gasteiger partial charge is 0.326 e. The highest BCUT2D eigenvalue weighted by molar-refractivity contribution is 6.42. The number of imidazole rings is 1. The lowest BCUT2D eigenvalue weighted by Crippen LogP contribution is -2.17. The summed E-state index contributed by atoms with van der Waals surface area (Å²) < 4.78 is 2.15. The van der Waals surface area contributed by atoms with Crippen molar-refractivity contribution in [2.75, 3.05) is 0 Å². The molecule has 5 heteroatoms. The Balaban J connectivity index is 2.15. The maximum atomic E-state index is 9.07. The molecule has 1 saturated carbocycles. The predicted molar refractivity (Wildman–Crippen MR) is 81.1 cm³/mol. The Morgan fingerprint density at radius 1 is 1.40 bits per heavy atom. The summed E-state index contributed by atoms with van der Waals surface area (Å²) >= 11 is 12.2. The first kappa shape index (κ1) is 13.7. The van der Waals surface area contributed by atoms with Crippen LogP contribution in [-0.2, 0) is 6.54 Å². The zero-order valence-electron chi connectivity index (χ0n) is 11.2. The van der Waals surface area contributed by atoms with Crippen molar-refractivity contribution in [1.29, 1.82) is 5.26 Å². The Morgan fingerprint density at radius 3 is 2.70 bits per heavy atom. The first-order chi connectivity index (χ1) is 9.60. The summed E-state index contributed by atoms with van der Waals surface area (Å²) in [5.41, 5.74) is 1.84. The number of nitrogens with zero attached hydrogens (tertiary/aromatic N) is 3. The van der Waals surface area contributed by atoms with Crippen LogP contribution in [0.4, 0.5) is 0 Å². The van der Waals surface area contributed by atoms with E-state index in [0.717, 1.165) is 16.9 Å². The Morgan fingerprint density at radius 2 is 2.10 bits per heavy atom. The minimum Gasteiger partial charge on any atom is -0.326 e. The predicted octanol–water partition coefficient (Wildman–Crippen LogP) is 4.77. The van der Waals surface area contributed by atoms with E-state index in [1.165, 1.54) is 19.3 Å². The van der Waals surface area contributed by atoms with E-state index >= 15 is 0 Å². The topological polar surface area (TPSA) is 41.6 Å². The zero-order valence-corrected chi connectivity index (χ0v) is 12.7. The quantitative estimate of drug-likeness (QED) is 0.819. The first-order valence-corrected chi connectivity index (χ1v) is 7.60. The number of aromatic nitrogens is 2. The van der Waals surface area contributed by atoms with Crippen molar-refractivity contribution in [3.05, 3.63) is 28.0 Å². The molecule has 1 fully saturated rings. The molecule has 0 spiro atoms. The fourth-order valence-corrected chi connectivity index (χ4v) is 2.94. The average molecular weight is 308 g/mol. The molecule has 104 valence electrons. The van der Waals surface area contributed by atoms with E-state index in [1.54, 1.807) is 0 Å². The Hall–Kier alpha value is -1.24. The van der Waals surface area contributed by atoms with E-state index in [1.807, 2.05) is 19.1 Å². The number of hydrogen-bond acceptors (Lipinski definition) is 2. The van der Waals surface area contributed by atoms with Gasteiger partial charge in [0.05, 0.1) is 33.1 Å². The van der Waals surface area contributed by atoms with E-state index < -0.39 is 0 Å². The third kappa shape index (κ3) is 2.28. The van der Waals surface area contributed by atoms with Gasteiger partial charge in [0.1, 0.15) is 5.82 Å². The molecule has 0 saturated heterocycles. The molecule has 0 bridgehead atoms. The van der Waals surface area contributed by atoms with Crippen molar-refractivity contribution in [3.63, 3.8) is 0 Å². The summed E-state index contributed by atoms with van der Waals surface area (Å²) in [7, 11) is 0. The Kier molecular flexibility index (Phi) is 3.62. The monoisotopic (exact) mass is 307 g/mol. The minimum absolute atomic E-state index is 0.0549. The molecule has 0 amide bonds. The molecular formula is C15H15Cl2N3. The van der Waals surface area contributed by atoms with Crippen molar-refractivity contribution in [2.45, 2.75) is 38.6 Å². The van der Waals surface area contributed by atoms with Crippen LogP contribution in [0.5, 0.6) is 0 Å². The average Bonchev–Trinajstić information content (AvgIpc) is 2.66. The van der Waals surface area contributed by atoms with E-state index in [-0.39, 0.29) is 5.92 Å². The normalized spacial score (nSPS) is 16.9. The first-order valence-electron chi connectivity index (χ1n) is 6.85. The molecule has 0 radical (unpaired) electrons. The van der Waals surface area contributed by atoms with Crippen molar-refractivity contribution in [1.82, 2.24) is 9.55 Å². The van der Waals surface area contributed by atoms with Gasteiger partial charge in [-0.1, -0.05) is 29.6 Å². The second kappa shape index (κ2) is 5.27. The van der Waals surface area contributed by atoms with Gasteiger partial charge < -0.3 is 4.57 Å². The Bertz CT molecular complexity index is 695.